The molecule has 3 heterocycles. The van der Waals surface area contributed by atoms with Gasteiger partial charge in [-0.15, -0.1) is 0 Å². The highest BCUT2D eigenvalue weighted by atomic mass is 32.1. The van der Waals surface area contributed by atoms with Crippen LogP contribution in [0.4, 0.5) is 0 Å². The van der Waals surface area contributed by atoms with Crippen molar-refractivity contribution >= 4 is 22.8 Å². The molecule has 7 nitrogen and oxygen atoms in total. The van der Waals surface area contributed by atoms with E-state index < -0.39 is 0 Å². The quantitative estimate of drug-likeness (QED) is 0.691. The number of ether oxygens (including phenoxy) is 1. The summed E-state index contributed by atoms with van der Waals surface area (Å²) in [5, 5.41) is 4.32. The third-order valence-corrected chi connectivity index (χ3v) is 3.90. The van der Waals surface area contributed by atoms with E-state index in [4.69, 9.17) is 4.74 Å². The maximum Gasteiger partial charge on any atom is 0.346 e. The number of fused-ring (bicyclic) bond motifs is 2. The summed E-state index contributed by atoms with van der Waals surface area (Å²) in [4.78, 5) is 12.2. The van der Waals surface area contributed by atoms with Crippen molar-refractivity contribution in [2.75, 3.05) is 6.61 Å². The fourth-order valence-corrected chi connectivity index (χ4v) is 2.86. The summed E-state index contributed by atoms with van der Waals surface area (Å²) in [5.41, 5.74) is 2.64. The predicted octanol–water partition coefficient (Wildman–Crippen LogP) is 0.628. The zero-order valence-electron chi connectivity index (χ0n) is 10.5. The largest absolute Gasteiger partial charge is 0.372 e. The molecule has 3 aromatic rings. The summed E-state index contributed by atoms with van der Waals surface area (Å²) in [5.74, 6) is 0.692. The van der Waals surface area contributed by atoms with E-state index in [-0.39, 0.29) is 5.69 Å². The molecule has 2 aromatic heterocycles. The van der Waals surface area contributed by atoms with Crippen LogP contribution < -0.4 is 5.69 Å². The molecular formula is C12H11N5O2S. The molecule has 1 aliphatic heterocycles. The van der Waals surface area contributed by atoms with Gasteiger partial charge in [-0.25, -0.2) is 9.48 Å². The first-order chi connectivity index (χ1) is 9.81. The van der Waals surface area contributed by atoms with Gasteiger partial charge in [0.05, 0.1) is 31.4 Å². The van der Waals surface area contributed by atoms with Crippen molar-refractivity contribution in [1.82, 2.24) is 23.1 Å². The van der Waals surface area contributed by atoms with Gasteiger partial charge in [0.2, 0.25) is 0 Å². The Bertz CT molecular complexity index is 834. The topological polar surface area (TPSA) is 74.8 Å². The standard InChI is InChI=1S/C12H11N5O2S/c18-12-16-3-4-19-7-11(16)13-17(12)6-8-1-2-9-10(5-8)15-20-14-9/h1-2,5H,3-4,6-7H2. The summed E-state index contributed by atoms with van der Waals surface area (Å²) in [7, 11) is 0. The molecule has 4 rings (SSSR count). The summed E-state index contributed by atoms with van der Waals surface area (Å²) in [6.07, 6.45) is 0. The van der Waals surface area contributed by atoms with E-state index in [1.54, 1.807) is 4.57 Å². The lowest BCUT2D eigenvalue weighted by molar-refractivity contribution is 0.0805. The van der Waals surface area contributed by atoms with Crippen LogP contribution in [0.5, 0.6) is 0 Å². The lowest BCUT2D eigenvalue weighted by Gasteiger charge is -2.11. The van der Waals surface area contributed by atoms with Crippen LogP contribution in [0, 0.1) is 0 Å². The lowest BCUT2D eigenvalue weighted by Crippen LogP contribution is -2.29. The van der Waals surface area contributed by atoms with E-state index in [9.17, 15) is 4.79 Å². The van der Waals surface area contributed by atoms with Crippen molar-refractivity contribution in [3.63, 3.8) is 0 Å². The molecule has 0 bridgehead atoms. The van der Waals surface area contributed by atoms with Gasteiger partial charge >= 0.3 is 5.69 Å². The highest BCUT2D eigenvalue weighted by Gasteiger charge is 2.17. The summed E-state index contributed by atoms with van der Waals surface area (Å²) in [6.45, 7) is 1.97. The summed E-state index contributed by atoms with van der Waals surface area (Å²) < 4.78 is 16.8. The SMILES string of the molecule is O=c1n(Cc2ccc3nsnc3c2)nc2n1CCOC2. The second-order valence-electron chi connectivity index (χ2n) is 4.65. The van der Waals surface area contributed by atoms with Gasteiger partial charge in [-0.1, -0.05) is 6.07 Å². The Morgan fingerprint density at radius 2 is 2.20 bits per heavy atom. The van der Waals surface area contributed by atoms with Crippen LogP contribution in [-0.2, 0) is 24.4 Å². The van der Waals surface area contributed by atoms with Gasteiger partial charge in [0.25, 0.3) is 0 Å². The van der Waals surface area contributed by atoms with Gasteiger partial charge in [0.1, 0.15) is 17.6 Å². The van der Waals surface area contributed by atoms with Crippen molar-refractivity contribution in [3.8, 4) is 0 Å². The van der Waals surface area contributed by atoms with Gasteiger partial charge in [-0.2, -0.15) is 13.8 Å². The molecular weight excluding hydrogens is 278 g/mol. The molecule has 0 aliphatic carbocycles. The van der Waals surface area contributed by atoms with Crippen molar-refractivity contribution < 1.29 is 4.74 Å². The molecule has 0 saturated heterocycles. The normalized spacial score (nSPS) is 14.6. The minimum absolute atomic E-state index is 0.0835. The van der Waals surface area contributed by atoms with Gasteiger partial charge in [0.15, 0.2) is 5.82 Å². The Labute approximate surface area is 117 Å². The zero-order chi connectivity index (χ0) is 13.5. The Morgan fingerprint density at radius 1 is 1.30 bits per heavy atom. The number of aromatic nitrogens is 5. The molecule has 102 valence electrons. The summed E-state index contributed by atoms with van der Waals surface area (Å²) in [6, 6.07) is 5.81. The van der Waals surface area contributed by atoms with E-state index in [1.807, 2.05) is 18.2 Å². The van der Waals surface area contributed by atoms with Crippen molar-refractivity contribution in [1.29, 1.82) is 0 Å². The third kappa shape index (κ3) is 1.84. The number of nitrogens with zero attached hydrogens (tertiary/aromatic N) is 5. The molecule has 1 aromatic carbocycles. The van der Waals surface area contributed by atoms with Crippen LogP contribution in [0.25, 0.3) is 11.0 Å². The fourth-order valence-electron chi connectivity index (χ4n) is 2.34. The van der Waals surface area contributed by atoms with Gasteiger partial charge in [0, 0.05) is 0 Å². The number of benzene rings is 1. The zero-order valence-corrected chi connectivity index (χ0v) is 11.3. The van der Waals surface area contributed by atoms with Gasteiger partial charge in [-0.05, 0) is 17.7 Å². The van der Waals surface area contributed by atoms with Crippen molar-refractivity contribution in [2.45, 2.75) is 19.7 Å². The molecule has 0 atom stereocenters. The lowest BCUT2D eigenvalue weighted by atomic mass is 10.2. The minimum Gasteiger partial charge on any atom is -0.372 e. The summed E-state index contributed by atoms with van der Waals surface area (Å²) >= 11 is 1.19. The average Bonchev–Trinajstić information content (AvgIpc) is 3.05. The highest BCUT2D eigenvalue weighted by Crippen LogP contribution is 2.14. The molecule has 0 amide bonds. The molecule has 0 saturated carbocycles. The monoisotopic (exact) mass is 289 g/mol. The molecule has 1 aliphatic rings. The number of hydrogen-bond acceptors (Lipinski definition) is 6. The molecule has 0 unspecified atom stereocenters. The molecule has 0 spiro atoms. The van der Waals surface area contributed by atoms with Crippen LogP contribution >= 0.6 is 11.7 Å². The van der Waals surface area contributed by atoms with E-state index in [0.29, 0.717) is 32.1 Å². The Hall–Kier alpha value is -2.06. The van der Waals surface area contributed by atoms with E-state index in [0.717, 1.165) is 16.6 Å². The smallest absolute Gasteiger partial charge is 0.346 e. The van der Waals surface area contributed by atoms with Crippen molar-refractivity contribution in [2.24, 2.45) is 0 Å². The van der Waals surface area contributed by atoms with Crippen LogP contribution in [0.1, 0.15) is 11.4 Å². The van der Waals surface area contributed by atoms with Crippen LogP contribution in [-0.4, -0.2) is 29.7 Å². The third-order valence-electron chi connectivity index (χ3n) is 3.34. The van der Waals surface area contributed by atoms with Crippen LogP contribution in [0.3, 0.4) is 0 Å². The van der Waals surface area contributed by atoms with E-state index in [1.165, 1.54) is 16.4 Å². The van der Waals surface area contributed by atoms with E-state index >= 15 is 0 Å². The Balaban J connectivity index is 1.71. The Morgan fingerprint density at radius 3 is 3.10 bits per heavy atom. The molecule has 0 fully saturated rings. The van der Waals surface area contributed by atoms with Crippen molar-refractivity contribution in [3.05, 3.63) is 40.1 Å². The molecule has 20 heavy (non-hydrogen) atoms. The second kappa shape index (κ2) is 4.50. The molecule has 8 heteroatoms. The first kappa shape index (κ1) is 11.7. The molecule has 0 N–H and O–H groups in total. The Kier molecular flexibility index (Phi) is 2.64. The molecule has 0 radical (unpaired) electrons. The predicted molar refractivity (Wildman–Crippen MR) is 72.7 cm³/mol. The second-order valence-corrected chi connectivity index (χ2v) is 5.18. The fraction of sp³-hybridized carbons (Fsp3) is 0.333. The number of hydrogen-bond donors (Lipinski definition) is 0. The van der Waals surface area contributed by atoms with Crippen LogP contribution in [0.2, 0.25) is 0 Å². The van der Waals surface area contributed by atoms with Crippen LogP contribution in [0.15, 0.2) is 23.0 Å². The maximum atomic E-state index is 12.2. The first-order valence-corrected chi connectivity index (χ1v) is 7.00. The van der Waals surface area contributed by atoms with Gasteiger partial charge < -0.3 is 4.74 Å². The number of rotatable bonds is 2. The average molecular weight is 289 g/mol. The first-order valence-electron chi connectivity index (χ1n) is 6.27. The maximum absolute atomic E-state index is 12.2. The van der Waals surface area contributed by atoms with Gasteiger partial charge in [-0.3, -0.25) is 4.57 Å². The van der Waals surface area contributed by atoms with E-state index in [2.05, 4.69) is 13.8 Å². The highest BCUT2D eigenvalue weighted by molar-refractivity contribution is 7.00. The minimum atomic E-state index is -0.0835.